The molecule has 2 aliphatic carbocycles. The number of hydrogen-bond acceptors (Lipinski definition) is 1. The smallest absolute Gasteiger partial charge is 0.254 e. The van der Waals surface area contributed by atoms with E-state index >= 15 is 0 Å². The first-order valence-corrected chi connectivity index (χ1v) is 9.30. The lowest BCUT2D eigenvalue weighted by Crippen LogP contribution is -2.49. The molecule has 0 heterocycles. The Balaban J connectivity index is 1.86. The molecule has 0 unspecified atom stereocenters. The van der Waals surface area contributed by atoms with Gasteiger partial charge >= 0.3 is 0 Å². The van der Waals surface area contributed by atoms with E-state index < -0.39 is 0 Å². The van der Waals surface area contributed by atoms with Gasteiger partial charge in [0.05, 0.1) is 0 Å². The number of nitrogens with zero attached hydrogens (tertiary/aromatic N) is 1. The topological polar surface area (TPSA) is 20.3 Å². The van der Waals surface area contributed by atoms with Crippen molar-refractivity contribution in [1.82, 2.24) is 4.90 Å². The Morgan fingerprint density at radius 3 is 2.48 bits per heavy atom. The van der Waals surface area contributed by atoms with Gasteiger partial charge in [-0.2, -0.15) is 0 Å². The van der Waals surface area contributed by atoms with Gasteiger partial charge in [0.1, 0.15) is 0 Å². The summed E-state index contributed by atoms with van der Waals surface area (Å²) < 4.78 is 0. The highest BCUT2D eigenvalue weighted by Gasteiger charge is 2.38. The van der Waals surface area contributed by atoms with Crippen molar-refractivity contribution in [3.05, 3.63) is 48.6 Å². The van der Waals surface area contributed by atoms with Crippen molar-refractivity contribution in [1.29, 1.82) is 0 Å². The molecule has 23 heavy (non-hydrogen) atoms. The van der Waals surface area contributed by atoms with Gasteiger partial charge in [-0.15, -0.1) is 6.58 Å². The highest BCUT2D eigenvalue weighted by Crippen LogP contribution is 2.37. The van der Waals surface area contributed by atoms with Gasteiger partial charge in [-0.05, 0) is 50.2 Å². The molecule has 2 saturated carbocycles. The maximum Gasteiger partial charge on any atom is 0.254 e. The Labute approximate surface area is 140 Å². The normalized spacial score (nSPS) is 25.2. The Morgan fingerprint density at radius 2 is 1.78 bits per heavy atom. The fourth-order valence-electron chi connectivity index (χ4n) is 4.55. The van der Waals surface area contributed by atoms with Gasteiger partial charge in [-0.3, -0.25) is 4.79 Å². The predicted molar refractivity (Wildman–Crippen MR) is 95.4 cm³/mol. The molecule has 2 nitrogen and oxygen atoms in total. The Kier molecular flexibility index (Phi) is 5.53. The van der Waals surface area contributed by atoms with Gasteiger partial charge in [-0.1, -0.05) is 50.0 Å². The summed E-state index contributed by atoms with van der Waals surface area (Å²) in [7, 11) is 0. The number of amides is 1. The summed E-state index contributed by atoms with van der Waals surface area (Å²) in [6.45, 7) is 3.93. The molecule has 2 heteroatoms. The van der Waals surface area contributed by atoms with Crippen LogP contribution in [0.2, 0.25) is 0 Å². The third-order valence-electron chi connectivity index (χ3n) is 5.67. The first-order valence-electron chi connectivity index (χ1n) is 9.30. The van der Waals surface area contributed by atoms with Gasteiger partial charge < -0.3 is 4.90 Å². The van der Waals surface area contributed by atoms with Crippen molar-refractivity contribution < 1.29 is 4.79 Å². The van der Waals surface area contributed by atoms with Crippen LogP contribution in [0.1, 0.15) is 68.1 Å². The molecule has 0 N–H and O–H groups in total. The lowest BCUT2D eigenvalue weighted by Gasteiger charge is -2.41. The molecule has 1 aromatic rings. The summed E-state index contributed by atoms with van der Waals surface area (Å²) in [6.07, 6.45) is 12.9. The van der Waals surface area contributed by atoms with E-state index in [1.807, 2.05) is 36.4 Å². The maximum atomic E-state index is 13.3. The number of carbonyl (C=O) groups is 1. The summed E-state index contributed by atoms with van der Waals surface area (Å²) in [4.78, 5) is 15.6. The molecular weight excluding hydrogens is 282 g/mol. The fraction of sp³-hybridized carbons (Fsp3) is 0.571. The van der Waals surface area contributed by atoms with Crippen LogP contribution in [0, 0.1) is 5.92 Å². The highest BCUT2D eigenvalue weighted by atomic mass is 16.2. The second-order valence-electron chi connectivity index (χ2n) is 7.15. The van der Waals surface area contributed by atoms with Gasteiger partial charge in [-0.25, -0.2) is 0 Å². The van der Waals surface area contributed by atoms with Crippen LogP contribution in [0.5, 0.6) is 0 Å². The third-order valence-corrected chi connectivity index (χ3v) is 5.67. The van der Waals surface area contributed by atoms with Crippen molar-refractivity contribution in [3.8, 4) is 0 Å². The SMILES string of the molecule is C=CC[C@H]1CCC[C@@H]1N(C(=O)c1ccccc1)C1CCCCC1. The minimum atomic E-state index is 0.249. The van der Waals surface area contributed by atoms with Crippen LogP contribution in [-0.4, -0.2) is 22.9 Å². The van der Waals surface area contributed by atoms with Crippen LogP contribution in [0.4, 0.5) is 0 Å². The van der Waals surface area contributed by atoms with Crippen LogP contribution in [0.15, 0.2) is 43.0 Å². The number of hydrogen-bond donors (Lipinski definition) is 0. The van der Waals surface area contributed by atoms with E-state index in [9.17, 15) is 4.79 Å². The van der Waals surface area contributed by atoms with E-state index in [1.165, 1.54) is 44.9 Å². The lowest BCUT2D eigenvalue weighted by atomic mass is 9.89. The highest BCUT2D eigenvalue weighted by molar-refractivity contribution is 5.94. The zero-order valence-corrected chi connectivity index (χ0v) is 14.1. The molecule has 1 aromatic carbocycles. The van der Waals surface area contributed by atoms with Crippen molar-refractivity contribution >= 4 is 5.91 Å². The predicted octanol–water partition coefficient (Wildman–Crippen LogP) is 5.21. The molecule has 3 rings (SSSR count). The second-order valence-corrected chi connectivity index (χ2v) is 7.15. The van der Waals surface area contributed by atoms with Crippen LogP contribution in [0.25, 0.3) is 0 Å². The maximum absolute atomic E-state index is 13.3. The molecule has 2 atom stereocenters. The average Bonchev–Trinajstić information content (AvgIpc) is 3.05. The van der Waals surface area contributed by atoms with E-state index in [4.69, 9.17) is 0 Å². The third kappa shape index (κ3) is 3.68. The van der Waals surface area contributed by atoms with Gasteiger partial charge in [0.15, 0.2) is 0 Å². The van der Waals surface area contributed by atoms with Gasteiger partial charge in [0.2, 0.25) is 0 Å². The van der Waals surface area contributed by atoms with Crippen LogP contribution in [-0.2, 0) is 0 Å². The Hall–Kier alpha value is -1.57. The lowest BCUT2D eigenvalue weighted by molar-refractivity contribution is 0.0449. The van der Waals surface area contributed by atoms with E-state index in [-0.39, 0.29) is 5.91 Å². The second kappa shape index (κ2) is 7.81. The van der Waals surface area contributed by atoms with Crippen LogP contribution >= 0.6 is 0 Å². The minimum Gasteiger partial charge on any atom is -0.332 e. The van der Waals surface area contributed by atoms with Crippen molar-refractivity contribution in [2.24, 2.45) is 5.92 Å². The average molecular weight is 311 g/mol. The van der Waals surface area contributed by atoms with Crippen molar-refractivity contribution in [2.75, 3.05) is 0 Å². The standard InChI is InChI=1S/C21H29NO/c1-2-10-17-13-9-16-20(17)22(19-14-7-4-8-15-19)21(23)18-11-5-3-6-12-18/h2-3,5-6,11-12,17,19-20H,1,4,7-10,13-16H2/t17-,20-/m0/s1. The number of allylic oxidation sites excluding steroid dienone is 1. The van der Waals surface area contributed by atoms with Gasteiger partial charge in [0, 0.05) is 17.6 Å². The molecule has 0 bridgehead atoms. The van der Waals surface area contributed by atoms with Crippen molar-refractivity contribution in [3.63, 3.8) is 0 Å². The summed E-state index contributed by atoms with van der Waals surface area (Å²) >= 11 is 0. The molecule has 124 valence electrons. The van der Waals surface area contributed by atoms with Gasteiger partial charge in [0.25, 0.3) is 5.91 Å². The molecule has 0 aliphatic heterocycles. The fourth-order valence-corrected chi connectivity index (χ4v) is 4.55. The molecule has 0 aromatic heterocycles. The molecule has 0 saturated heterocycles. The van der Waals surface area contributed by atoms with E-state index in [1.54, 1.807) is 0 Å². The summed E-state index contributed by atoms with van der Waals surface area (Å²) in [5, 5.41) is 0. The quantitative estimate of drug-likeness (QED) is 0.684. The summed E-state index contributed by atoms with van der Waals surface area (Å²) in [5.74, 6) is 0.848. The monoisotopic (exact) mass is 311 g/mol. The van der Waals surface area contributed by atoms with Crippen LogP contribution in [0.3, 0.4) is 0 Å². The molecule has 0 spiro atoms. The molecule has 2 aliphatic rings. The first-order chi connectivity index (χ1) is 11.3. The number of benzene rings is 1. The first kappa shape index (κ1) is 16.3. The number of rotatable bonds is 5. The van der Waals surface area contributed by atoms with E-state index in [0.717, 1.165) is 18.4 Å². The Bertz CT molecular complexity index is 518. The largest absolute Gasteiger partial charge is 0.332 e. The molecular formula is C21H29NO. The Morgan fingerprint density at radius 1 is 1.04 bits per heavy atom. The zero-order chi connectivity index (χ0) is 16.1. The van der Waals surface area contributed by atoms with Crippen molar-refractivity contribution in [2.45, 2.75) is 69.9 Å². The van der Waals surface area contributed by atoms with E-state index in [2.05, 4.69) is 11.5 Å². The molecule has 1 amide bonds. The van der Waals surface area contributed by atoms with Crippen LogP contribution < -0.4 is 0 Å². The summed E-state index contributed by atoms with van der Waals surface area (Å²) in [6, 6.07) is 10.7. The molecule has 2 fully saturated rings. The zero-order valence-electron chi connectivity index (χ0n) is 14.1. The molecule has 0 radical (unpaired) electrons. The minimum absolute atomic E-state index is 0.249. The van der Waals surface area contributed by atoms with E-state index in [0.29, 0.717) is 18.0 Å². The summed E-state index contributed by atoms with van der Waals surface area (Å²) in [5.41, 5.74) is 0.849. The number of carbonyl (C=O) groups excluding carboxylic acids is 1.